The van der Waals surface area contributed by atoms with Crippen molar-refractivity contribution in [2.24, 2.45) is 0 Å². The SMILES string of the molecule is CCN(CC)C(=O)NC1(c2ccccc2)CCNCC1.CN(C(=O)N1CCCC1)C1(c2ccccc2)CCNCC1. The number of urea groups is 2. The Morgan fingerprint density at radius 1 is 0.780 bits per heavy atom. The summed E-state index contributed by atoms with van der Waals surface area (Å²) in [5.41, 5.74) is 2.09. The molecule has 8 nitrogen and oxygen atoms in total. The van der Waals surface area contributed by atoms with Gasteiger partial charge in [-0.1, -0.05) is 60.7 Å². The Morgan fingerprint density at radius 3 is 1.78 bits per heavy atom. The Bertz CT molecular complexity index is 1070. The van der Waals surface area contributed by atoms with E-state index in [1.165, 1.54) is 11.1 Å². The van der Waals surface area contributed by atoms with Gasteiger partial charge in [0.1, 0.15) is 0 Å². The minimum atomic E-state index is -0.230. The lowest BCUT2D eigenvalue weighted by atomic mass is 9.80. The van der Waals surface area contributed by atoms with Crippen LogP contribution in [-0.4, -0.2) is 86.2 Å². The van der Waals surface area contributed by atoms with Gasteiger partial charge in [-0.15, -0.1) is 0 Å². The molecule has 0 aliphatic carbocycles. The smallest absolute Gasteiger partial charge is 0.320 e. The highest BCUT2D eigenvalue weighted by molar-refractivity contribution is 5.76. The van der Waals surface area contributed by atoms with Crippen LogP contribution in [0.25, 0.3) is 0 Å². The Kier molecular flexibility index (Phi) is 11.1. The van der Waals surface area contributed by atoms with Gasteiger partial charge in [0.05, 0.1) is 11.1 Å². The fourth-order valence-corrected chi connectivity index (χ4v) is 6.60. The number of carbonyl (C=O) groups excluding carboxylic acids is 2. The van der Waals surface area contributed by atoms with Crippen LogP contribution in [0.1, 0.15) is 63.5 Å². The number of piperidine rings is 2. The molecular weight excluding hydrogens is 512 g/mol. The van der Waals surface area contributed by atoms with Gasteiger partial charge in [-0.05, 0) is 89.7 Å². The van der Waals surface area contributed by atoms with Crippen LogP contribution in [0.3, 0.4) is 0 Å². The summed E-state index contributed by atoms with van der Waals surface area (Å²) >= 11 is 0. The molecular formula is C33H50N6O2. The lowest BCUT2D eigenvalue weighted by molar-refractivity contribution is 0.0823. The van der Waals surface area contributed by atoms with Gasteiger partial charge in [0.15, 0.2) is 0 Å². The first-order valence-electron chi connectivity index (χ1n) is 15.6. The first-order chi connectivity index (χ1) is 20.0. The van der Waals surface area contributed by atoms with Gasteiger partial charge in [0.2, 0.25) is 0 Å². The Balaban J connectivity index is 0.000000189. The van der Waals surface area contributed by atoms with Crippen LogP contribution in [-0.2, 0) is 11.1 Å². The minimum Gasteiger partial charge on any atom is -0.328 e. The van der Waals surface area contributed by atoms with Gasteiger partial charge >= 0.3 is 12.1 Å². The van der Waals surface area contributed by atoms with E-state index in [0.29, 0.717) is 0 Å². The first-order valence-corrected chi connectivity index (χ1v) is 15.6. The molecule has 41 heavy (non-hydrogen) atoms. The zero-order valence-corrected chi connectivity index (χ0v) is 25.3. The zero-order chi connectivity index (χ0) is 29.1. The van der Waals surface area contributed by atoms with E-state index in [2.05, 4.69) is 52.3 Å². The fourth-order valence-electron chi connectivity index (χ4n) is 6.60. The van der Waals surface area contributed by atoms with Crippen LogP contribution >= 0.6 is 0 Å². The van der Waals surface area contributed by atoms with Gasteiger partial charge in [-0.25, -0.2) is 9.59 Å². The van der Waals surface area contributed by atoms with Crippen LogP contribution in [0.2, 0.25) is 0 Å². The maximum Gasteiger partial charge on any atom is 0.320 e. The van der Waals surface area contributed by atoms with Gasteiger partial charge < -0.3 is 30.7 Å². The third kappa shape index (κ3) is 7.22. The van der Waals surface area contributed by atoms with E-state index in [1.807, 2.05) is 59.9 Å². The minimum absolute atomic E-state index is 0.0424. The average Bonchev–Trinajstić information content (AvgIpc) is 3.58. The number of hydrogen-bond acceptors (Lipinski definition) is 4. The highest BCUT2D eigenvalue weighted by Gasteiger charge is 2.42. The molecule has 3 fully saturated rings. The van der Waals surface area contributed by atoms with E-state index in [9.17, 15) is 9.59 Å². The van der Waals surface area contributed by atoms with Gasteiger partial charge in [0, 0.05) is 33.2 Å². The number of nitrogens with zero attached hydrogens (tertiary/aromatic N) is 3. The average molecular weight is 563 g/mol. The van der Waals surface area contributed by atoms with Crippen LogP contribution in [0.4, 0.5) is 9.59 Å². The lowest BCUT2D eigenvalue weighted by Crippen LogP contribution is -2.55. The lowest BCUT2D eigenvalue weighted by Gasteiger charge is -2.46. The van der Waals surface area contributed by atoms with Crippen LogP contribution in [0.5, 0.6) is 0 Å². The van der Waals surface area contributed by atoms with Gasteiger partial charge in [-0.3, -0.25) is 0 Å². The van der Waals surface area contributed by atoms with E-state index in [0.717, 1.165) is 90.9 Å². The molecule has 2 aromatic carbocycles. The fraction of sp³-hybridized carbons (Fsp3) is 0.576. The van der Waals surface area contributed by atoms with Crippen LogP contribution in [0, 0.1) is 0 Å². The maximum atomic E-state index is 12.9. The highest BCUT2D eigenvalue weighted by Crippen LogP contribution is 2.37. The second-order valence-corrected chi connectivity index (χ2v) is 11.5. The Labute approximate surface area is 246 Å². The number of nitrogens with one attached hydrogen (secondary N) is 3. The van der Waals surface area contributed by atoms with Crippen LogP contribution in [0.15, 0.2) is 60.7 Å². The number of rotatable bonds is 6. The summed E-state index contributed by atoms with van der Waals surface area (Å²) in [4.78, 5) is 31.2. The summed E-state index contributed by atoms with van der Waals surface area (Å²) < 4.78 is 0. The molecule has 0 bridgehead atoms. The van der Waals surface area contributed by atoms with Crippen molar-refractivity contribution < 1.29 is 9.59 Å². The zero-order valence-electron chi connectivity index (χ0n) is 25.3. The Hall–Kier alpha value is -3.10. The van der Waals surface area contributed by atoms with Crippen molar-refractivity contribution in [3.8, 4) is 0 Å². The van der Waals surface area contributed by atoms with E-state index in [4.69, 9.17) is 0 Å². The summed E-state index contributed by atoms with van der Waals surface area (Å²) in [6, 6.07) is 21.1. The third-order valence-electron chi connectivity index (χ3n) is 9.23. The monoisotopic (exact) mass is 562 g/mol. The largest absolute Gasteiger partial charge is 0.328 e. The van der Waals surface area contributed by atoms with Crippen molar-refractivity contribution in [2.75, 3.05) is 59.4 Å². The number of carbonyl (C=O) groups is 2. The first kappa shape index (κ1) is 30.8. The second kappa shape index (κ2) is 14.7. The van der Waals surface area contributed by atoms with E-state index < -0.39 is 0 Å². The molecule has 4 amide bonds. The molecule has 0 unspecified atom stereocenters. The molecule has 0 atom stereocenters. The molecule has 0 aromatic heterocycles. The molecule has 8 heteroatoms. The number of amides is 4. The van der Waals surface area contributed by atoms with Crippen LogP contribution < -0.4 is 16.0 Å². The number of likely N-dealkylation sites (tertiary alicyclic amines) is 1. The van der Waals surface area contributed by atoms with Crippen molar-refractivity contribution >= 4 is 12.1 Å². The molecule has 3 saturated heterocycles. The van der Waals surface area contributed by atoms with E-state index >= 15 is 0 Å². The summed E-state index contributed by atoms with van der Waals surface area (Å²) in [6.45, 7) is 11.1. The van der Waals surface area contributed by atoms with Crippen molar-refractivity contribution in [3.63, 3.8) is 0 Å². The maximum absolute atomic E-state index is 12.9. The summed E-state index contributed by atoms with van der Waals surface area (Å²) in [7, 11) is 1.99. The second-order valence-electron chi connectivity index (χ2n) is 11.5. The molecule has 0 saturated carbocycles. The predicted octanol–water partition coefficient (Wildman–Crippen LogP) is 4.73. The topological polar surface area (TPSA) is 80.0 Å². The molecule has 0 spiro atoms. The molecule has 3 N–H and O–H groups in total. The number of benzene rings is 2. The highest BCUT2D eigenvalue weighted by atomic mass is 16.2. The molecule has 0 radical (unpaired) electrons. The summed E-state index contributed by atoms with van der Waals surface area (Å²) in [5.74, 6) is 0. The van der Waals surface area contributed by atoms with E-state index in [-0.39, 0.29) is 23.1 Å². The summed E-state index contributed by atoms with van der Waals surface area (Å²) in [6.07, 6.45) is 6.10. The quantitative estimate of drug-likeness (QED) is 0.476. The molecule has 3 aliphatic heterocycles. The normalized spacial score (nSPS) is 19.4. The predicted molar refractivity (Wildman–Crippen MR) is 166 cm³/mol. The molecule has 224 valence electrons. The van der Waals surface area contributed by atoms with Crippen molar-refractivity contribution in [1.29, 1.82) is 0 Å². The van der Waals surface area contributed by atoms with Crippen molar-refractivity contribution in [1.82, 2.24) is 30.7 Å². The van der Waals surface area contributed by atoms with Gasteiger partial charge in [-0.2, -0.15) is 0 Å². The summed E-state index contributed by atoms with van der Waals surface area (Å²) in [5, 5.41) is 10.1. The molecule has 5 rings (SSSR count). The van der Waals surface area contributed by atoms with Crippen molar-refractivity contribution in [2.45, 2.75) is 63.5 Å². The third-order valence-corrected chi connectivity index (χ3v) is 9.23. The van der Waals surface area contributed by atoms with Crippen molar-refractivity contribution in [3.05, 3.63) is 71.8 Å². The standard InChI is InChI=1S/C17H25N3O.C16H25N3O/c1-19(16(21)20-13-5-6-14-20)17(9-11-18-12-10-17)15-7-3-2-4-8-15;1-3-19(4-2)15(20)18-16(10-12-17-13-11-16)14-8-6-5-7-9-14/h2-4,7-8,18H,5-6,9-14H2,1H3;5-9,17H,3-4,10-13H2,1-2H3,(H,18,20). The van der Waals surface area contributed by atoms with Gasteiger partial charge in [0.25, 0.3) is 0 Å². The molecule has 3 aliphatic rings. The Morgan fingerprint density at radius 2 is 1.27 bits per heavy atom. The van der Waals surface area contributed by atoms with E-state index in [1.54, 1.807) is 0 Å². The molecule has 2 aromatic rings. The molecule has 3 heterocycles. The number of hydrogen-bond donors (Lipinski definition) is 3.